The van der Waals surface area contributed by atoms with Gasteiger partial charge in [-0.15, -0.1) is 0 Å². The molecule has 0 saturated carbocycles. The minimum absolute atomic E-state index is 0.115. The topological polar surface area (TPSA) is 60.0 Å². The molecule has 1 unspecified atom stereocenters. The molecule has 6 nitrogen and oxygen atoms in total. The van der Waals surface area contributed by atoms with E-state index in [1.54, 1.807) is 14.2 Å². The van der Waals surface area contributed by atoms with Crippen LogP contribution in [0.3, 0.4) is 0 Å². The summed E-state index contributed by atoms with van der Waals surface area (Å²) >= 11 is 0. The Bertz CT molecular complexity index is 474. The Balaban J connectivity index is 0.000000593. The van der Waals surface area contributed by atoms with Gasteiger partial charge in [-0.3, -0.25) is 9.69 Å². The lowest BCUT2D eigenvalue weighted by Gasteiger charge is -2.29. The van der Waals surface area contributed by atoms with Gasteiger partial charge in [0.2, 0.25) is 6.41 Å². The summed E-state index contributed by atoms with van der Waals surface area (Å²) in [5.74, 6) is 1.52. The van der Waals surface area contributed by atoms with Gasteiger partial charge >= 0.3 is 0 Å². The lowest BCUT2D eigenvalue weighted by molar-refractivity contribution is -0.109. The normalized spacial score (nSPS) is 17.9. The smallest absolute Gasteiger partial charge is 0.206 e. The number of nitrogens with zero attached hydrogens (tertiary/aromatic N) is 1. The number of benzene rings is 1. The second-order valence-electron chi connectivity index (χ2n) is 6.18. The third-order valence-electron chi connectivity index (χ3n) is 3.45. The van der Waals surface area contributed by atoms with Crippen molar-refractivity contribution in [1.29, 1.82) is 0 Å². The molecule has 1 fully saturated rings. The SMILES string of the molecule is CNC=O.COc1ccccc1OCC1CN(C(C)(C)C)CO1. The Morgan fingerprint density at radius 2 is 1.96 bits per heavy atom. The number of rotatable bonds is 5. The zero-order valence-electron chi connectivity index (χ0n) is 14.7. The molecule has 2 rings (SSSR count). The van der Waals surface area contributed by atoms with E-state index in [1.807, 2.05) is 24.3 Å². The summed E-state index contributed by atoms with van der Waals surface area (Å²) in [5.41, 5.74) is 0.138. The van der Waals surface area contributed by atoms with Crippen molar-refractivity contribution in [2.24, 2.45) is 0 Å². The number of carbonyl (C=O) groups is 1. The number of methoxy groups -OCH3 is 1. The van der Waals surface area contributed by atoms with Gasteiger partial charge in [-0.05, 0) is 32.9 Å². The minimum atomic E-state index is 0.115. The molecular weight excluding hydrogens is 296 g/mol. The molecule has 6 heteroatoms. The molecule has 0 spiro atoms. The Morgan fingerprint density at radius 3 is 2.43 bits per heavy atom. The first-order valence-corrected chi connectivity index (χ1v) is 7.65. The van der Waals surface area contributed by atoms with Gasteiger partial charge in [0.25, 0.3) is 0 Å². The average molecular weight is 324 g/mol. The molecule has 0 bridgehead atoms. The van der Waals surface area contributed by atoms with E-state index in [0.29, 0.717) is 19.7 Å². The second-order valence-corrected chi connectivity index (χ2v) is 6.18. The monoisotopic (exact) mass is 324 g/mol. The Morgan fingerprint density at radius 1 is 1.35 bits per heavy atom. The third kappa shape index (κ3) is 6.46. The molecule has 1 aliphatic rings. The molecule has 1 saturated heterocycles. The van der Waals surface area contributed by atoms with Crippen LogP contribution < -0.4 is 14.8 Å². The maximum atomic E-state index is 9.06. The summed E-state index contributed by atoms with van der Waals surface area (Å²) in [7, 11) is 3.21. The molecule has 0 radical (unpaired) electrons. The largest absolute Gasteiger partial charge is 0.493 e. The molecule has 1 amide bonds. The number of amides is 1. The van der Waals surface area contributed by atoms with Crippen LogP contribution in [0.25, 0.3) is 0 Å². The number of carbonyl (C=O) groups excluding carboxylic acids is 1. The van der Waals surface area contributed by atoms with Crippen LogP contribution in [0.2, 0.25) is 0 Å². The molecule has 1 aliphatic heterocycles. The van der Waals surface area contributed by atoms with Crippen LogP contribution in [-0.2, 0) is 9.53 Å². The quantitative estimate of drug-likeness (QED) is 0.838. The molecule has 1 N–H and O–H groups in total. The fourth-order valence-electron chi connectivity index (χ4n) is 2.04. The van der Waals surface area contributed by atoms with Crippen molar-refractivity contribution in [1.82, 2.24) is 10.2 Å². The van der Waals surface area contributed by atoms with Gasteiger partial charge in [0.1, 0.15) is 19.4 Å². The number of hydrogen-bond donors (Lipinski definition) is 1. The maximum absolute atomic E-state index is 9.06. The van der Waals surface area contributed by atoms with E-state index in [1.165, 1.54) is 0 Å². The second kappa shape index (κ2) is 9.37. The van der Waals surface area contributed by atoms with Gasteiger partial charge in [-0.2, -0.15) is 0 Å². The lowest BCUT2D eigenvalue weighted by Crippen LogP contribution is -2.40. The van der Waals surface area contributed by atoms with Crippen molar-refractivity contribution in [2.75, 3.05) is 34.0 Å². The first kappa shape index (κ1) is 19.3. The first-order valence-electron chi connectivity index (χ1n) is 7.65. The molecule has 1 aromatic carbocycles. The van der Waals surface area contributed by atoms with E-state index < -0.39 is 0 Å². The molecule has 23 heavy (non-hydrogen) atoms. The number of para-hydroxylation sites is 2. The van der Waals surface area contributed by atoms with Crippen LogP contribution in [0, 0.1) is 0 Å². The Hall–Kier alpha value is -1.79. The van der Waals surface area contributed by atoms with Crippen molar-refractivity contribution in [3.05, 3.63) is 24.3 Å². The zero-order valence-corrected chi connectivity index (χ0v) is 14.7. The molecule has 130 valence electrons. The predicted molar refractivity (Wildman–Crippen MR) is 89.8 cm³/mol. The van der Waals surface area contributed by atoms with E-state index >= 15 is 0 Å². The fourth-order valence-corrected chi connectivity index (χ4v) is 2.04. The standard InChI is InChI=1S/C15H23NO3.C2H5NO/c1-15(2,3)16-9-12(19-11-16)10-18-14-8-6-5-7-13(14)17-4;1-3-2-4/h5-8,12H,9-11H2,1-4H3;2H,1H3,(H,3,4). The van der Waals surface area contributed by atoms with E-state index in [-0.39, 0.29) is 11.6 Å². The van der Waals surface area contributed by atoms with Crippen LogP contribution in [0.1, 0.15) is 20.8 Å². The van der Waals surface area contributed by atoms with E-state index in [9.17, 15) is 0 Å². The summed E-state index contributed by atoms with van der Waals surface area (Å²) in [6.45, 7) is 8.70. The van der Waals surface area contributed by atoms with Gasteiger partial charge in [-0.1, -0.05) is 12.1 Å². The van der Waals surface area contributed by atoms with Gasteiger partial charge in [-0.25, -0.2) is 0 Å². The van der Waals surface area contributed by atoms with E-state index in [4.69, 9.17) is 19.0 Å². The maximum Gasteiger partial charge on any atom is 0.206 e. The molecule has 0 aromatic heterocycles. The number of ether oxygens (including phenoxy) is 3. The molecular formula is C17H28N2O4. The van der Waals surface area contributed by atoms with Crippen molar-refractivity contribution >= 4 is 6.41 Å². The van der Waals surface area contributed by atoms with Crippen LogP contribution in [0.15, 0.2) is 24.3 Å². The van der Waals surface area contributed by atoms with Crippen LogP contribution in [0.5, 0.6) is 11.5 Å². The molecule has 1 aromatic rings. The summed E-state index contributed by atoms with van der Waals surface area (Å²) in [6.07, 6.45) is 0.740. The van der Waals surface area contributed by atoms with Crippen molar-refractivity contribution in [2.45, 2.75) is 32.4 Å². The summed E-state index contributed by atoms with van der Waals surface area (Å²) in [4.78, 5) is 11.4. The summed E-state index contributed by atoms with van der Waals surface area (Å²) in [5, 5.41) is 2.25. The minimum Gasteiger partial charge on any atom is -0.493 e. The molecule has 1 atom stereocenters. The Labute approximate surface area is 138 Å². The van der Waals surface area contributed by atoms with Gasteiger partial charge in [0.05, 0.1) is 7.11 Å². The highest BCUT2D eigenvalue weighted by molar-refractivity contribution is 5.44. The number of hydrogen-bond acceptors (Lipinski definition) is 5. The van der Waals surface area contributed by atoms with Crippen molar-refractivity contribution < 1.29 is 19.0 Å². The van der Waals surface area contributed by atoms with Crippen LogP contribution in [0.4, 0.5) is 0 Å². The molecule has 1 heterocycles. The number of nitrogens with one attached hydrogen (secondary N) is 1. The average Bonchev–Trinajstić information content (AvgIpc) is 3.02. The lowest BCUT2D eigenvalue weighted by atomic mass is 10.1. The Kier molecular flexibility index (Phi) is 7.85. The highest BCUT2D eigenvalue weighted by atomic mass is 16.6. The zero-order chi connectivity index (χ0) is 17.3. The van der Waals surface area contributed by atoms with Gasteiger partial charge in [0, 0.05) is 19.1 Å². The summed E-state index contributed by atoms with van der Waals surface area (Å²) < 4.78 is 16.8. The fraction of sp³-hybridized carbons (Fsp3) is 0.588. The van der Waals surface area contributed by atoms with Gasteiger partial charge < -0.3 is 19.5 Å². The third-order valence-corrected chi connectivity index (χ3v) is 3.45. The predicted octanol–water partition coefficient (Wildman–Crippen LogP) is 1.89. The first-order chi connectivity index (χ1) is 10.9. The van der Waals surface area contributed by atoms with E-state index in [0.717, 1.165) is 18.0 Å². The van der Waals surface area contributed by atoms with Crippen LogP contribution in [-0.4, -0.2) is 57.0 Å². The van der Waals surface area contributed by atoms with Crippen LogP contribution >= 0.6 is 0 Å². The van der Waals surface area contributed by atoms with Crippen molar-refractivity contribution in [3.63, 3.8) is 0 Å². The van der Waals surface area contributed by atoms with Gasteiger partial charge in [0.15, 0.2) is 11.5 Å². The molecule has 0 aliphatic carbocycles. The van der Waals surface area contributed by atoms with E-state index in [2.05, 4.69) is 31.0 Å². The highest BCUT2D eigenvalue weighted by Crippen LogP contribution is 2.27. The summed E-state index contributed by atoms with van der Waals surface area (Å²) in [6, 6.07) is 7.68. The van der Waals surface area contributed by atoms with Crippen molar-refractivity contribution in [3.8, 4) is 11.5 Å². The highest BCUT2D eigenvalue weighted by Gasteiger charge is 2.31.